The lowest BCUT2D eigenvalue weighted by Crippen LogP contribution is -2.12. The molecule has 104 valence electrons. The number of carbonyl (C=O) groups excluding carboxylic acids is 1. The van der Waals surface area contributed by atoms with Gasteiger partial charge in [0.1, 0.15) is 6.33 Å². The highest BCUT2D eigenvalue weighted by molar-refractivity contribution is 6.33. The quantitative estimate of drug-likeness (QED) is 0.806. The van der Waals surface area contributed by atoms with Crippen molar-refractivity contribution in [1.82, 2.24) is 20.2 Å². The number of carbonyl (C=O) groups is 1. The maximum Gasteiger partial charge on any atom is 0.255 e. The Morgan fingerprint density at radius 1 is 1.14 bits per heavy atom. The van der Waals surface area contributed by atoms with Crippen molar-refractivity contribution in [2.45, 2.75) is 0 Å². The molecule has 1 amide bonds. The Kier molecular flexibility index (Phi) is 3.61. The highest BCUT2D eigenvalue weighted by atomic mass is 35.5. The molecular formula is C14H10ClN5O. The highest BCUT2D eigenvalue weighted by Crippen LogP contribution is 2.21. The van der Waals surface area contributed by atoms with Crippen molar-refractivity contribution in [3.8, 4) is 5.69 Å². The van der Waals surface area contributed by atoms with Crippen molar-refractivity contribution in [2.24, 2.45) is 0 Å². The van der Waals surface area contributed by atoms with E-state index in [4.69, 9.17) is 11.6 Å². The van der Waals surface area contributed by atoms with Crippen LogP contribution < -0.4 is 5.32 Å². The van der Waals surface area contributed by atoms with Gasteiger partial charge in [-0.25, -0.2) is 4.68 Å². The minimum absolute atomic E-state index is 0.252. The molecule has 0 aliphatic carbocycles. The van der Waals surface area contributed by atoms with Crippen LogP contribution in [0.2, 0.25) is 5.02 Å². The Morgan fingerprint density at radius 3 is 2.76 bits per heavy atom. The van der Waals surface area contributed by atoms with E-state index in [1.807, 2.05) is 6.07 Å². The van der Waals surface area contributed by atoms with E-state index >= 15 is 0 Å². The predicted octanol–water partition coefficient (Wildman–Crippen LogP) is 2.57. The van der Waals surface area contributed by atoms with E-state index in [2.05, 4.69) is 20.8 Å². The summed E-state index contributed by atoms with van der Waals surface area (Å²) >= 11 is 6.02. The van der Waals surface area contributed by atoms with Crippen LogP contribution in [0.25, 0.3) is 5.69 Å². The number of anilines is 1. The van der Waals surface area contributed by atoms with E-state index in [9.17, 15) is 4.79 Å². The average molecular weight is 300 g/mol. The third kappa shape index (κ3) is 2.90. The Labute approximate surface area is 125 Å². The number of hydrogen-bond donors (Lipinski definition) is 1. The van der Waals surface area contributed by atoms with Crippen LogP contribution in [0.1, 0.15) is 10.4 Å². The van der Waals surface area contributed by atoms with Crippen LogP contribution in [0.15, 0.2) is 54.9 Å². The van der Waals surface area contributed by atoms with Crippen LogP contribution in [-0.2, 0) is 0 Å². The van der Waals surface area contributed by atoms with Gasteiger partial charge >= 0.3 is 0 Å². The lowest BCUT2D eigenvalue weighted by molar-refractivity contribution is 0.102. The zero-order valence-corrected chi connectivity index (χ0v) is 11.5. The van der Waals surface area contributed by atoms with E-state index in [0.717, 1.165) is 0 Å². The number of halogens is 1. The summed E-state index contributed by atoms with van der Waals surface area (Å²) in [5, 5.41) is 14.2. The number of hydrogen-bond acceptors (Lipinski definition) is 4. The van der Waals surface area contributed by atoms with Gasteiger partial charge in [0.25, 0.3) is 5.91 Å². The normalized spacial score (nSPS) is 10.3. The van der Waals surface area contributed by atoms with Gasteiger partial charge in [0.05, 0.1) is 16.4 Å². The molecule has 0 atom stereocenters. The summed E-state index contributed by atoms with van der Waals surface area (Å²) in [6.07, 6.45) is 1.46. The van der Waals surface area contributed by atoms with Crippen molar-refractivity contribution in [2.75, 3.05) is 5.32 Å². The topological polar surface area (TPSA) is 72.7 Å². The van der Waals surface area contributed by atoms with Gasteiger partial charge in [-0.1, -0.05) is 29.8 Å². The molecule has 0 bridgehead atoms. The number of aromatic nitrogens is 4. The number of tetrazole rings is 1. The molecule has 21 heavy (non-hydrogen) atoms. The molecule has 3 rings (SSSR count). The molecule has 0 spiro atoms. The predicted molar refractivity (Wildman–Crippen MR) is 78.6 cm³/mol. The zero-order chi connectivity index (χ0) is 14.7. The average Bonchev–Trinajstić information content (AvgIpc) is 3.04. The zero-order valence-electron chi connectivity index (χ0n) is 10.8. The fourth-order valence-corrected chi connectivity index (χ4v) is 2.01. The van der Waals surface area contributed by atoms with Gasteiger partial charge in [-0.2, -0.15) is 0 Å². The summed E-state index contributed by atoms with van der Waals surface area (Å²) < 4.78 is 1.48. The molecule has 7 heteroatoms. The Hall–Kier alpha value is -2.73. The molecule has 0 unspecified atom stereocenters. The summed E-state index contributed by atoms with van der Waals surface area (Å²) in [7, 11) is 0. The molecule has 3 aromatic rings. The fraction of sp³-hybridized carbons (Fsp3) is 0. The van der Waals surface area contributed by atoms with E-state index in [1.165, 1.54) is 11.0 Å². The first-order chi connectivity index (χ1) is 10.2. The first-order valence-corrected chi connectivity index (χ1v) is 6.51. The Morgan fingerprint density at radius 2 is 2.00 bits per heavy atom. The molecule has 2 aromatic carbocycles. The highest BCUT2D eigenvalue weighted by Gasteiger charge is 2.09. The summed E-state index contributed by atoms with van der Waals surface area (Å²) in [5.41, 5.74) is 1.76. The third-order valence-corrected chi connectivity index (χ3v) is 3.17. The fourth-order valence-electron chi connectivity index (χ4n) is 1.83. The molecule has 0 saturated carbocycles. The summed E-state index contributed by atoms with van der Waals surface area (Å²) in [4.78, 5) is 12.3. The van der Waals surface area contributed by atoms with Gasteiger partial charge in [-0.15, -0.1) is 5.10 Å². The van der Waals surface area contributed by atoms with Crippen LogP contribution >= 0.6 is 11.6 Å². The second kappa shape index (κ2) is 5.72. The molecule has 1 N–H and O–H groups in total. The van der Waals surface area contributed by atoms with Crippen LogP contribution in [0.4, 0.5) is 5.69 Å². The number of nitrogens with one attached hydrogen (secondary N) is 1. The van der Waals surface area contributed by atoms with Crippen molar-refractivity contribution in [3.05, 3.63) is 65.4 Å². The molecule has 1 heterocycles. The van der Waals surface area contributed by atoms with Crippen LogP contribution in [0, 0.1) is 0 Å². The molecule has 0 aliphatic rings. The van der Waals surface area contributed by atoms with Crippen molar-refractivity contribution in [3.63, 3.8) is 0 Å². The number of amides is 1. The third-order valence-electron chi connectivity index (χ3n) is 2.84. The van der Waals surface area contributed by atoms with E-state index in [0.29, 0.717) is 22.0 Å². The molecule has 0 fully saturated rings. The smallest absolute Gasteiger partial charge is 0.255 e. The van der Waals surface area contributed by atoms with Crippen molar-refractivity contribution in [1.29, 1.82) is 0 Å². The molecule has 0 radical (unpaired) electrons. The molecule has 1 aromatic heterocycles. The second-order valence-electron chi connectivity index (χ2n) is 4.24. The first-order valence-electron chi connectivity index (χ1n) is 6.13. The molecular weight excluding hydrogens is 290 g/mol. The van der Waals surface area contributed by atoms with Crippen LogP contribution in [-0.4, -0.2) is 26.1 Å². The largest absolute Gasteiger partial charge is 0.321 e. The van der Waals surface area contributed by atoms with E-state index in [1.54, 1.807) is 42.5 Å². The minimum Gasteiger partial charge on any atom is -0.321 e. The lowest BCUT2D eigenvalue weighted by atomic mass is 10.2. The van der Waals surface area contributed by atoms with Gasteiger partial charge in [0.2, 0.25) is 0 Å². The van der Waals surface area contributed by atoms with Gasteiger partial charge in [0.15, 0.2) is 0 Å². The van der Waals surface area contributed by atoms with Crippen molar-refractivity contribution < 1.29 is 4.79 Å². The van der Waals surface area contributed by atoms with Gasteiger partial charge in [-0.3, -0.25) is 4.79 Å². The minimum atomic E-state index is -0.252. The SMILES string of the molecule is O=C(Nc1ccccc1Cl)c1cccc(-n2cnnn2)c1. The Bertz CT molecular complexity index is 773. The summed E-state index contributed by atoms with van der Waals surface area (Å²) in [5.74, 6) is -0.252. The number of para-hydroxylation sites is 1. The van der Waals surface area contributed by atoms with Gasteiger partial charge in [-0.05, 0) is 40.8 Å². The summed E-state index contributed by atoms with van der Waals surface area (Å²) in [6.45, 7) is 0. The van der Waals surface area contributed by atoms with E-state index in [-0.39, 0.29) is 5.91 Å². The maximum atomic E-state index is 12.3. The van der Waals surface area contributed by atoms with Gasteiger partial charge in [0, 0.05) is 5.56 Å². The molecule has 0 aliphatic heterocycles. The standard InChI is InChI=1S/C14H10ClN5O/c15-12-6-1-2-7-13(12)17-14(21)10-4-3-5-11(8-10)20-9-16-18-19-20/h1-9H,(H,17,21). The van der Waals surface area contributed by atoms with Gasteiger partial charge < -0.3 is 5.32 Å². The van der Waals surface area contributed by atoms with E-state index < -0.39 is 0 Å². The van der Waals surface area contributed by atoms with Crippen LogP contribution in [0.3, 0.4) is 0 Å². The lowest BCUT2D eigenvalue weighted by Gasteiger charge is -2.08. The Balaban J connectivity index is 1.85. The molecule has 0 saturated heterocycles. The molecule has 6 nitrogen and oxygen atoms in total. The number of benzene rings is 2. The van der Waals surface area contributed by atoms with Crippen molar-refractivity contribution >= 4 is 23.2 Å². The first kappa shape index (κ1) is 13.3. The number of nitrogens with zero attached hydrogens (tertiary/aromatic N) is 4. The number of rotatable bonds is 3. The monoisotopic (exact) mass is 299 g/mol. The van der Waals surface area contributed by atoms with Crippen LogP contribution in [0.5, 0.6) is 0 Å². The maximum absolute atomic E-state index is 12.3. The second-order valence-corrected chi connectivity index (χ2v) is 4.65. The summed E-state index contributed by atoms with van der Waals surface area (Å²) in [6, 6.07) is 14.0.